The Labute approximate surface area is 136 Å². The third kappa shape index (κ3) is 3.14. The summed E-state index contributed by atoms with van der Waals surface area (Å²) in [6, 6.07) is 5.43. The minimum absolute atomic E-state index is 0.304. The number of rotatable bonds is 4. The summed E-state index contributed by atoms with van der Waals surface area (Å²) in [7, 11) is 0. The summed E-state index contributed by atoms with van der Waals surface area (Å²) in [5, 5.41) is 18.3. The number of anilines is 1. The zero-order valence-corrected chi connectivity index (χ0v) is 13.3. The molecule has 0 spiro atoms. The topological polar surface area (TPSA) is 98.7 Å². The van der Waals surface area contributed by atoms with Gasteiger partial charge in [-0.3, -0.25) is 4.79 Å². The molecule has 0 saturated heterocycles. The van der Waals surface area contributed by atoms with E-state index in [1.165, 1.54) is 10.9 Å². The highest BCUT2D eigenvalue weighted by Gasteiger charge is 2.20. The summed E-state index contributed by atoms with van der Waals surface area (Å²) >= 11 is 0. The van der Waals surface area contributed by atoms with Crippen LogP contribution >= 0.6 is 0 Å². The predicted molar refractivity (Wildman–Crippen MR) is 82.5 cm³/mol. The molecule has 0 unspecified atom stereocenters. The van der Waals surface area contributed by atoms with Gasteiger partial charge in [-0.2, -0.15) is 4.80 Å². The van der Waals surface area contributed by atoms with Gasteiger partial charge in [-0.15, -0.1) is 10.2 Å². The minimum atomic E-state index is -0.704. The maximum Gasteiger partial charge on any atom is 0.252 e. The van der Waals surface area contributed by atoms with Crippen molar-refractivity contribution in [2.45, 2.75) is 26.8 Å². The van der Waals surface area contributed by atoms with Crippen LogP contribution in [0.3, 0.4) is 0 Å². The fraction of sp³-hybridized carbons (Fsp3) is 0.267. The standard InChI is InChI=1S/C15H15FN6O2/c1-8-6-11(4-5-12(8)16)14-18-21-22(19-14)10(3)15(23)17-13-7-9(2)24-20-13/h4-7,10H,1-3H3,(H,17,20,23)/t10-/m0/s1. The van der Waals surface area contributed by atoms with Crippen LogP contribution in [0.25, 0.3) is 11.4 Å². The zero-order chi connectivity index (χ0) is 17.3. The summed E-state index contributed by atoms with van der Waals surface area (Å²) in [6.45, 7) is 5.00. The van der Waals surface area contributed by atoms with Crippen LogP contribution in [0.2, 0.25) is 0 Å². The Bertz CT molecular complexity index is 888. The van der Waals surface area contributed by atoms with Gasteiger partial charge in [0.2, 0.25) is 5.82 Å². The van der Waals surface area contributed by atoms with Gasteiger partial charge in [-0.25, -0.2) is 4.39 Å². The lowest BCUT2D eigenvalue weighted by molar-refractivity contribution is -0.119. The molecule has 0 bridgehead atoms. The largest absolute Gasteiger partial charge is 0.360 e. The van der Waals surface area contributed by atoms with E-state index in [1.54, 1.807) is 39.0 Å². The molecule has 2 aromatic heterocycles. The van der Waals surface area contributed by atoms with Gasteiger partial charge in [0.15, 0.2) is 5.82 Å². The van der Waals surface area contributed by atoms with Crippen LogP contribution < -0.4 is 5.32 Å². The van der Waals surface area contributed by atoms with Crippen LogP contribution in [0.4, 0.5) is 10.2 Å². The molecule has 0 aliphatic heterocycles. The predicted octanol–water partition coefficient (Wildman–Crippen LogP) is 2.28. The van der Waals surface area contributed by atoms with E-state index >= 15 is 0 Å². The highest BCUT2D eigenvalue weighted by atomic mass is 19.1. The van der Waals surface area contributed by atoms with Crippen molar-refractivity contribution >= 4 is 11.7 Å². The molecule has 1 N–H and O–H groups in total. The van der Waals surface area contributed by atoms with Crippen molar-refractivity contribution in [3.8, 4) is 11.4 Å². The van der Waals surface area contributed by atoms with Crippen molar-refractivity contribution in [3.63, 3.8) is 0 Å². The number of nitrogens with one attached hydrogen (secondary N) is 1. The second-order valence-electron chi connectivity index (χ2n) is 5.39. The number of aromatic nitrogens is 5. The minimum Gasteiger partial charge on any atom is -0.360 e. The number of hydrogen-bond acceptors (Lipinski definition) is 6. The molecule has 1 aromatic carbocycles. The van der Waals surface area contributed by atoms with Gasteiger partial charge in [0, 0.05) is 11.6 Å². The summed E-state index contributed by atoms with van der Waals surface area (Å²) in [6.07, 6.45) is 0. The van der Waals surface area contributed by atoms with E-state index in [1.807, 2.05) is 0 Å². The maximum absolute atomic E-state index is 13.3. The Morgan fingerprint density at radius 2 is 2.12 bits per heavy atom. The van der Waals surface area contributed by atoms with E-state index in [2.05, 4.69) is 25.9 Å². The van der Waals surface area contributed by atoms with Crippen molar-refractivity contribution in [2.75, 3.05) is 5.32 Å². The SMILES string of the molecule is Cc1cc(NC(=O)[C@H](C)n2nnc(-c3ccc(F)c(C)c3)n2)no1. The van der Waals surface area contributed by atoms with Gasteiger partial charge in [0.05, 0.1) is 0 Å². The molecule has 3 aromatic rings. The van der Waals surface area contributed by atoms with E-state index in [0.717, 1.165) is 0 Å². The number of tetrazole rings is 1. The van der Waals surface area contributed by atoms with Crippen LogP contribution in [0.5, 0.6) is 0 Å². The number of halogens is 1. The Balaban J connectivity index is 1.76. The molecule has 1 atom stereocenters. The number of amides is 1. The molecule has 0 saturated carbocycles. The smallest absolute Gasteiger partial charge is 0.252 e. The van der Waals surface area contributed by atoms with Gasteiger partial charge in [0.25, 0.3) is 5.91 Å². The second kappa shape index (κ2) is 6.19. The van der Waals surface area contributed by atoms with E-state index in [4.69, 9.17) is 4.52 Å². The zero-order valence-electron chi connectivity index (χ0n) is 13.3. The first-order valence-corrected chi connectivity index (χ1v) is 7.24. The first kappa shape index (κ1) is 15.8. The van der Waals surface area contributed by atoms with Gasteiger partial charge < -0.3 is 9.84 Å². The van der Waals surface area contributed by atoms with Crippen molar-refractivity contribution in [3.05, 3.63) is 41.4 Å². The normalized spacial score (nSPS) is 12.2. The van der Waals surface area contributed by atoms with Crippen molar-refractivity contribution in [1.82, 2.24) is 25.4 Å². The van der Waals surface area contributed by atoms with E-state index in [-0.39, 0.29) is 11.7 Å². The molecular weight excluding hydrogens is 315 g/mol. The van der Waals surface area contributed by atoms with Gasteiger partial charge >= 0.3 is 0 Å². The second-order valence-corrected chi connectivity index (χ2v) is 5.39. The number of aryl methyl sites for hydroxylation is 2. The van der Waals surface area contributed by atoms with Gasteiger partial charge in [-0.05, 0) is 49.7 Å². The molecule has 0 fully saturated rings. The van der Waals surface area contributed by atoms with Crippen LogP contribution in [0.15, 0.2) is 28.8 Å². The van der Waals surface area contributed by atoms with Crippen molar-refractivity contribution < 1.29 is 13.7 Å². The molecule has 3 rings (SSSR count). The highest BCUT2D eigenvalue weighted by molar-refractivity contribution is 5.92. The van der Waals surface area contributed by atoms with Crippen LogP contribution in [0.1, 0.15) is 24.3 Å². The van der Waals surface area contributed by atoms with Crippen LogP contribution in [-0.2, 0) is 4.79 Å². The van der Waals surface area contributed by atoms with E-state index in [9.17, 15) is 9.18 Å². The molecule has 0 aliphatic rings. The summed E-state index contributed by atoms with van der Waals surface area (Å²) in [5.41, 5.74) is 1.11. The summed E-state index contributed by atoms with van der Waals surface area (Å²) in [5.74, 6) is 0.559. The van der Waals surface area contributed by atoms with E-state index < -0.39 is 6.04 Å². The van der Waals surface area contributed by atoms with Crippen molar-refractivity contribution in [2.24, 2.45) is 0 Å². The summed E-state index contributed by atoms with van der Waals surface area (Å²) < 4.78 is 18.2. The average molecular weight is 330 g/mol. The van der Waals surface area contributed by atoms with Gasteiger partial charge in [0.1, 0.15) is 17.6 Å². The van der Waals surface area contributed by atoms with Crippen LogP contribution in [0, 0.1) is 19.7 Å². The lowest BCUT2D eigenvalue weighted by Crippen LogP contribution is -2.25. The Hall–Kier alpha value is -3.10. The quantitative estimate of drug-likeness (QED) is 0.788. The fourth-order valence-electron chi connectivity index (χ4n) is 2.05. The van der Waals surface area contributed by atoms with Crippen LogP contribution in [-0.4, -0.2) is 31.3 Å². The molecule has 0 aliphatic carbocycles. The molecule has 24 heavy (non-hydrogen) atoms. The lowest BCUT2D eigenvalue weighted by Gasteiger charge is -2.08. The van der Waals surface area contributed by atoms with Crippen molar-refractivity contribution in [1.29, 1.82) is 0 Å². The lowest BCUT2D eigenvalue weighted by atomic mass is 10.1. The number of carbonyl (C=O) groups excluding carboxylic acids is 1. The Morgan fingerprint density at radius 1 is 1.33 bits per heavy atom. The molecule has 9 heteroatoms. The monoisotopic (exact) mass is 330 g/mol. The fourth-order valence-corrected chi connectivity index (χ4v) is 2.05. The first-order valence-electron chi connectivity index (χ1n) is 7.24. The highest BCUT2D eigenvalue weighted by Crippen LogP contribution is 2.18. The molecule has 8 nitrogen and oxygen atoms in total. The molecule has 124 valence electrons. The van der Waals surface area contributed by atoms with Gasteiger partial charge in [-0.1, -0.05) is 5.16 Å². The molecular formula is C15H15FN6O2. The molecule has 1 amide bonds. The van der Waals surface area contributed by atoms with E-state index in [0.29, 0.717) is 28.5 Å². The third-order valence-electron chi connectivity index (χ3n) is 3.45. The number of hydrogen-bond donors (Lipinski definition) is 1. The third-order valence-corrected chi connectivity index (χ3v) is 3.45. The number of nitrogens with zero attached hydrogens (tertiary/aromatic N) is 5. The number of carbonyl (C=O) groups is 1. The Morgan fingerprint density at radius 3 is 2.79 bits per heavy atom. The maximum atomic E-state index is 13.3. The number of benzene rings is 1. The first-order chi connectivity index (χ1) is 11.4. The molecule has 0 radical (unpaired) electrons. The summed E-state index contributed by atoms with van der Waals surface area (Å²) in [4.78, 5) is 13.4. The average Bonchev–Trinajstić information content (AvgIpc) is 3.18. The Kier molecular flexibility index (Phi) is 4.07. The molecule has 2 heterocycles.